The predicted molar refractivity (Wildman–Crippen MR) is 81.2 cm³/mol. The Morgan fingerprint density at radius 2 is 1.95 bits per heavy atom. The summed E-state index contributed by atoms with van der Waals surface area (Å²) in [6.45, 7) is 1.95. The first-order valence-corrected chi connectivity index (χ1v) is 6.93. The minimum absolute atomic E-state index is 0.577. The summed E-state index contributed by atoms with van der Waals surface area (Å²) in [7, 11) is 4.07. The molecule has 0 unspecified atom stereocenters. The highest BCUT2D eigenvalue weighted by atomic mass is 32.1. The normalized spacial score (nSPS) is 11.1. The van der Waals surface area contributed by atoms with Crippen LogP contribution in [0, 0.1) is 12.3 Å². The Hall–Kier alpha value is -1.94. The molecule has 96 valence electrons. The Kier molecular flexibility index (Phi) is 2.75. The summed E-state index contributed by atoms with van der Waals surface area (Å²) in [6, 6.07) is 10.2. The van der Waals surface area contributed by atoms with E-state index in [9.17, 15) is 0 Å². The van der Waals surface area contributed by atoms with Gasteiger partial charge in [-0.25, -0.2) is 4.98 Å². The van der Waals surface area contributed by atoms with Gasteiger partial charge in [0.05, 0.1) is 26.1 Å². The van der Waals surface area contributed by atoms with Crippen LogP contribution in [0.4, 0.5) is 5.69 Å². The minimum atomic E-state index is 0.577. The summed E-state index contributed by atoms with van der Waals surface area (Å²) in [5.74, 6) is 0. The third-order valence-electron chi connectivity index (χ3n) is 3.23. The van der Waals surface area contributed by atoms with Gasteiger partial charge in [-0.3, -0.25) is 0 Å². The lowest BCUT2D eigenvalue weighted by molar-refractivity contribution is 1.13. The van der Waals surface area contributed by atoms with Gasteiger partial charge in [-0.05, 0) is 42.8 Å². The van der Waals surface area contributed by atoms with Crippen LogP contribution in [0.15, 0.2) is 30.3 Å². The minimum Gasteiger partial charge on any atom is -0.378 e. The molecular weight excluding hydrogens is 254 g/mol. The van der Waals surface area contributed by atoms with E-state index in [0.717, 1.165) is 26.4 Å². The van der Waals surface area contributed by atoms with Crippen LogP contribution in [-0.4, -0.2) is 19.1 Å². The van der Waals surface area contributed by atoms with E-state index < -0.39 is 0 Å². The van der Waals surface area contributed by atoms with E-state index in [-0.39, 0.29) is 0 Å². The maximum absolute atomic E-state index is 7.89. The zero-order valence-corrected chi connectivity index (χ0v) is 12.0. The summed E-state index contributed by atoms with van der Waals surface area (Å²) in [5.41, 5.74) is 4.13. The molecule has 1 aliphatic heterocycles. The largest absolute Gasteiger partial charge is 0.378 e. The fraction of sp³-hybridized carbons (Fsp3) is 0.200. The second-order valence-corrected chi connectivity index (χ2v) is 5.98. The van der Waals surface area contributed by atoms with Crippen molar-refractivity contribution in [3.05, 3.63) is 41.3 Å². The van der Waals surface area contributed by atoms with E-state index in [1.807, 2.05) is 33.2 Å². The Labute approximate surface area is 116 Å². The fourth-order valence-corrected chi connectivity index (χ4v) is 3.07. The number of aryl methyl sites for hydroxylation is 1. The quantitative estimate of drug-likeness (QED) is 0.689. The number of nitrogens with zero attached hydrogens (tertiary/aromatic N) is 2. The van der Waals surface area contributed by atoms with E-state index in [2.05, 4.69) is 28.1 Å². The number of hydrogen-bond acceptors (Lipinski definition) is 4. The summed E-state index contributed by atoms with van der Waals surface area (Å²) in [5, 5.41) is 8.47. The first-order valence-electron chi connectivity index (χ1n) is 6.12. The zero-order valence-electron chi connectivity index (χ0n) is 11.2. The van der Waals surface area contributed by atoms with Crippen LogP contribution in [0.25, 0.3) is 20.8 Å². The van der Waals surface area contributed by atoms with Gasteiger partial charge in [-0.1, -0.05) is 0 Å². The maximum atomic E-state index is 7.89. The molecule has 0 spiro atoms. The number of hydrogen-bond donors (Lipinski definition) is 1. The van der Waals surface area contributed by atoms with Crippen LogP contribution in [0.3, 0.4) is 0 Å². The highest BCUT2D eigenvalue weighted by Gasteiger charge is 2.09. The molecule has 0 saturated carbocycles. The number of fused-ring (bicyclic) bond motifs is 2. The maximum Gasteiger partial charge on any atom is 0.0813 e. The van der Waals surface area contributed by atoms with Gasteiger partial charge in [0.25, 0.3) is 0 Å². The average Bonchev–Trinajstić information content (AvgIpc) is 2.37. The van der Waals surface area contributed by atoms with Crippen molar-refractivity contribution in [2.75, 3.05) is 19.0 Å². The molecule has 0 radical (unpaired) electrons. The van der Waals surface area contributed by atoms with Crippen LogP contribution < -0.4 is 10.3 Å². The molecule has 4 heteroatoms. The standard InChI is InChI=1S/C15H15N3S/c1-9-6-13-15(8-11(9)16)19-14-7-10(18(2)3)4-5-12(14)17-13/h4-8,16H,1-3H3. The van der Waals surface area contributed by atoms with Crippen LogP contribution >= 0.6 is 11.3 Å². The lowest BCUT2D eigenvalue weighted by atomic mass is 10.1. The fourth-order valence-electron chi connectivity index (χ4n) is 2.05. The van der Waals surface area contributed by atoms with Crippen LogP contribution in [0.5, 0.6) is 0 Å². The van der Waals surface area contributed by atoms with Crippen LogP contribution in [0.2, 0.25) is 0 Å². The summed E-state index contributed by atoms with van der Waals surface area (Å²) in [6.07, 6.45) is 0. The first-order chi connectivity index (χ1) is 9.04. The number of rotatable bonds is 1. The second kappa shape index (κ2) is 4.31. The molecule has 19 heavy (non-hydrogen) atoms. The smallest absolute Gasteiger partial charge is 0.0813 e. The average molecular weight is 269 g/mol. The van der Waals surface area contributed by atoms with Gasteiger partial charge in [-0.15, -0.1) is 11.3 Å². The van der Waals surface area contributed by atoms with Gasteiger partial charge in [0, 0.05) is 19.8 Å². The van der Waals surface area contributed by atoms with Gasteiger partial charge in [0.15, 0.2) is 0 Å². The Morgan fingerprint density at radius 3 is 2.68 bits per heavy atom. The van der Waals surface area contributed by atoms with Crippen molar-refractivity contribution < 1.29 is 0 Å². The zero-order chi connectivity index (χ0) is 13.6. The third kappa shape index (κ3) is 2.08. The molecule has 1 aliphatic carbocycles. The molecule has 0 amide bonds. The summed E-state index contributed by atoms with van der Waals surface area (Å²) >= 11 is 1.70. The lowest BCUT2D eigenvalue weighted by Gasteiger charge is -2.13. The molecule has 2 aliphatic rings. The Balaban J connectivity index is 2.33. The SMILES string of the molecule is Cc1cc2nc3ccc(N(C)C)cc3sc-2cc1=N. The van der Waals surface area contributed by atoms with E-state index >= 15 is 0 Å². The van der Waals surface area contributed by atoms with E-state index in [1.54, 1.807) is 11.3 Å². The molecule has 0 saturated heterocycles. The topological polar surface area (TPSA) is 40.0 Å². The number of anilines is 1. The third-order valence-corrected chi connectivity index (χ3v) is 4.32. The summed E-state index contributed by atoms with van der Waals surface area (Å²) < 4.78 is 1.15. The Morgan fingerprint density at radius 1 is 1.16 bits per heavy atom. The number of aromatic nitrogens is 1. The van der Waals surface area contributed by atoms with E-state index in [0.29, 0.717) is 5.36 Å². The summed E-state index contributed by atoms with van der Waals surface area (Å²) in [4.78, 5) is 7.84. The molecule has 0 bridgehead atoms. The molecule has 0 fully saturated rings. The van der Waals surface area contributed by atoms with Gasteiger partial charge in [0.2, 0.25) is 0 Å². The molecule has 1 aromatic carbocycles. The van der Waals surface area contributed by atoms with Crippen molar-refractivity contribution >= 4 is 27.2 Å². The van der Waals surface area contributed by atoms with E-state index in [1.165, 1.54) is 5.69 Å². The van der Waals surface area contributed by atoms with Gasteiger partial charge < -0.3 is 10.3 Å². The molecular formula is C15H15N3S. The van der Waals surface area contributed by atoms with Crippen LogP contribution in [0.1, 0.15) is 5.56 Å². The molecule has 1 heterocycles. The number of nitrogens with one attached hydrogen (secondary N) is 1. The molecule has 0 atom stereocenters. The predicted octanol–water partition coefficient (Wildman–Crippen LogP) is 3.25. The van der Waals surface area contributed by atoms with Gasteiger partial charge in [0.1, 0.15) is 0 Å². The van der Waals surface area contributed by atoms with Crippen molar-refractivity contribution in [1.82, 2.24) is 4.98 Å². The van der Waals surface area contributed by atoms with Crippen molar-refractivity contribution in [1.29, 1.82) is 5.41 Å². The highest BCUT2D eigenvalue weighted by molar-refractivity contribution is 7.21. The molecule has 1 N–H and O–H groups in total. The molecule has 1 aromatic rings. The Bertz CT molecular complexity index is 789. The van der Waals surface area contributed by atoms with Crippen molar-refractivity contribution in [3.8, 4) is 10.6 Å². The molecule has 0 aromatic heterocycles. The highest BCUT2D eigenvalue weighted by Crippen LogP contribution is 2.31. The first kappa shape index (κ1) is 12.1. The van der Waals surface area contributed by atoms with E-state index in [4.69, 9.17) is 5.41 Å². The van der Waals surface area contributed by atoms with Crippen LogP contribution in [-0.2, 0) is 0 Å². The molecule has 3 rings (SSSR count). The lowest BCUT2D eigenvalue weighted by Crippen LogP contribution is -2.08. The number of benzene rings is 2. The second-order valence-electron chi connectivity index (χ2n) is 4.90. The van der Waals surface area contributed by atoms with Crippen molar-refractivity contribution in [3.63, 3.8) is 0 Å². The molecule has 3 nitrogen and oxygen atoms in total. The van der Waals surface area contributed by atoms with Crippen molar-refractivity contribution in [2.45, 2.75) is 6.92 Å². The van der Waals surface area contributed by atoms with Gasteiger partial charge in [-0.2, -0.15) is 0 Å². The monoisotopic (exact) mass is 269 g/mol. The van der Waals surface area contributed by atoms with Gasteiger partial charge >= 0.3 is 0 Å². The van der Waals surface area contributed by atoms with Crippen molar-refractivity contribution in [2.24, 2.45) is 0 Å².